The Morgan fingerprint density at radius 1 is 0.309 bits per heavy atom. The molecule has 0 fully saturated rings. The number of benzene rings is 7. The Morgan fingerprint density at radius 2 is 0.745 bits per heavy atom. The van der Waals surface area contributed by atoms with Crippen molar-refractivity contribution in [2.24, 2.45) is 0 Å². The van der Waals surface area contributed by atoms with Gasteiger partial charge in [0.2, 0.25) is 0 Å². The van der Waals surface area contributed by atoms with Crippen molar-refractivity contribution in [3.63, 3.8) is 0 Å². The lowest BCUT2D eigenvalue weighted by Gasteiger charge is -2.34. The van der Waals surface area contributed by atoms with Gasteiger partial charge in [0.05, 0.1) is 22.5 Å². The number of fused-ring (bicyclic) bond motifs is 3. The van der Waals surface area contributed by atoms with Crippen molar-refractivity contribution in [1.82, 2.24) is 15.0 Å². The van der Waals surface area contributed by atoms with Gasteiger partial charge in [0.15, 0.2) is 5.82 Å². The second-order valence-corrected chi connectivity index (χ2v) is 14.0. The molecule has 0 unspecified atom stereocenters. The third-order valence-electron chi connectivity index (χ3n) is 10.9. The minimum Gasteiger partial charge on any atom is -0.256 e. The summed E-state index contributed by atoms with van der Waals surface area (Å²) in [5.41, 5.74) is 16.0. The van der Waals surface area contributed by atoms with Gasteiger partial charge in [-0.1, -0.05) is 176 Å². The molecule has 0 amide bonds. The lowest BCUT2D eigenvalue weighted by atomic mass is 9.67. The number of pyridine rings is 1. The molecule has 1 aliphatic rings. The Kier molecular flexibility index (Phi) is 8.04. The van der Waals surface area contributed by atoms with Gasteiger partial charge in [-0.2, -0.15) is 0 Å². The molecule has 0 radical (unpaired) electrons. The van der Waals surface area contributed by atoms with Crippen LogP contribution in [0.15, 0.2) is 212 Å². The summed E-state index contributed by atoms with van der Waals surface area (Å²) in [6.45, 7) is 0. The first-order valence-corrected chi connectivity index (χ1v) is 18.7. The topological polar surface area (TPSA) is 38.7 Å². The first-order chi connectivity index (χ1) is 27.3. The molecule has 2 aromatic heterocycles. The molecule has 2 heterocycles. The average molecular weight is 702 g/mol. The molecule has 0 bridgehead atoms. The summed E-state index contributed by atoms with van der Waals surface area (Å²) in [6.07, 6.45) is 1.84. The van der Waals surface area contributed by atoms with Crippen molar-refractivity contribution in [1.29, 1.82) is 0 Å². The number of aromatic nitrogens is 3. The Morgan fingerprint density at radius 3 is 1.27 bits per heavy atom. The summed E-state index contributed by atoms with van der Waals surface area (Å²) in [6, 6.07) is 73.3. The summed E-state index contributed by atoms with van der Waals surface area (Å²) in [5.74, 6) is 0.697. The van der Waals surface area contributed by atoms with Gasteiger partial charge in [-0.15, -0.1) is 0 Å². The van der Waals surface area contributed by atoms with Crippen molar-refractivity contribution >= 4 is 0 Å². The third-order valence-corrected chi connectivity index (χ3v) is 10.9. The molecule has 3 heteroatoms. The highest BCUT2D eigenvalue weighted by Gasteiger charge is 2.46. The quantitative estimate of drug-likeness (QED) is 0.166. The van der Waals surface area contributed by atoms with Crippen molar-refractivity contribution in [2.75, 3.05) is 0 Å². The number of nitrogens with zero attached hydrogens (tertiary/aromatic N) is 3. The molecule has 0 spiro atoms. The third kappa shape index (κ3) is 5.65. The summed E-state index contributed by atoms with van der Waals surface area (Å²) in [7, 11) is 0. The summed E-state index contributed by atoms with van der Waals surface area (Å²) in [4.78, 5) is 15.0. The van der Waals surface area contributed by atoms with Crippen LogP contribution in [0.1, 0.15) is 22.3 Å². The number of hydrogen-bond acceptors (Lipinski definition) is 3. The highest BCUT2D eigenvalue weighted by molar-refractivity contribution is 5.90. The van der Waals surface area contributed by atoms with E-state index in [0.717, 1.165) is 44.9 Å². The van der Waals surface area contributed by atoms with Crippen LogP contribution in [0.3, 0.4) is 0 Å². The molecule has 0 N–H and O–H groups in total. The monoisotopic (exact) mass is 701 g/mol. The van der Waals surface area contributed by atoms with Gasteiger partial charge < -0.3 is 0 Å². The van der Waals surface area contributed by atoms with Crippen molar-refractivity contribution in [2.45, 2.75) is 5.41 Å². The highest BCUT2D eigenvalue weighted by Crippen LogP contribution is 2.57. The van der Waals surface area contributed by atoms with Crippen LogP contribution in [-0.2, 0) is 5.41 Å². The van der Waals surface area contributed by atoms with E-state index in [2.05, 4.69) is 187 Å². The largest absolute Gasteiger partial charge is 0.256 e. The number of rotatable bonds is 7. The van der Waals surface area contributed by atoms with Crippen molar-refractivity contribution in [3.05, 3.63) is 235 Å². The van der Waals surface area contributed by atoms with Gasteiger partial charge in [0, 0.05) is 28.5 Å². The van der Waals surface area contributed by atoms with Crippen LogP contribution >= 0.6 is 0 Å². The fourth-order valence-electron chi connectivity index (χ4n) is 8.26. The molecular weight excluding hydrogens is 667 g/mol. The highest BCUT2D eigenvalue weighted by atomic mass is 14.9. The van der Waals surface area contributed by atoms with Crippen LogP contribution in [0.5, 0.6) is 0 Å². The molecule has 0 saturated heterocycles. The predicted molar refractivity (Wildman–Crippen MR) is 224 cm³/mol. The van der Waals surface area contributed by atoms with Crippen LogP contribution in [0.25, 0.3) is 67.4 Å². The van der Waals surface area contributed by atoms with Gasteiger partial charge in [-0.3, -0.25) is 4.98 Å². The minimum atomic E-state index is -0.591. The maximum atomic E-state index is 5.23. The van der Waals surface area contributed by atoms with E-state index in [0.29, 0.717) is 5.82 Å². The zero-order chi connectivity index (χ0) is 36.6. The lowest BCUT2D eigenvalue weighted by Crippen LogP contribution is -2.28. The molecule has 258 valence electrons. The molecule has 55 heavy (non-hydrogen) atoms. The Balaban J connectivity index is 1.19. The van der Waals surface area contributed by atoms with Gasteiger partial charge in [-0.25, -0.2) is 9.97 Å². The molecule has 0 aliphatic heterocycles. The van der Waals surface area contributed by atoms with Gasteiger partial charge in [0.25, 0.3) is 0 Å². The molecule has 0 atom stereocenters. The van der Waals surface area contributed by atoms with E-state index < -0.39 is 5.41 Å². The molecule has 9 aromatic rings. The number of hydrogen-bond donors (Lipinski definition) is 0. The SMILES string of the molecule is c1ccc(-c2cc(-c3ccccc3)nc(-c3ccc4c(c3)C(c3ccccc3)(c3ccccc3)c3cc(-c5ccc(-c6ccccn6)cc5)ccc3-4)n2)cc1. The first-order valence-electron chi connectivity index (χ1n) is 18.7. The van der Waals surface area contributed by atoms with Crippen molar-refractivity contribution < 1.29 is 0 Å². The fraction of sp³-hybridized carbons (Fsp3) is 0.0192. The van der Waals surface area contributed by atoms with Crippen LogP contribution in [0.4, 0.5) is 0 Å². The maximum Gasteiger partial charge on any atom is 0.160 e. The Hall–Kier alpha value is -7.23. The van der Waals surface area contributed by atoms with Gasteiger partial charge in [-0.05, 0) is 74.8 Å². The van der Waals surface area contributed by atoms with E-state index in [4.69, 9.17) is 9.97 Å². The van der Waals surface area contributed by atoms with E-state index in [1.54, 1.807) is 0 Å². The Bertz CT molecular complexity index is 2670. The molecule has 0 saturated carbocycles. The standard InChI is InChI=1S/C52H35N3/c1-5-15-37(16-6-1)49-35-50(38-17-7-2-8-18-38)55-51(54-49)41-29-31-45-44-30-28-40(36-24-26-39(27-25-36)48-23-13-14-32-53-48)33-46(44)52(47(45)34-41,42-19-9-3-10-20-42)43-21-11-4-12-22-43/h1-35H. The molecule has 1 aliphatic carbocycles. The van der Waals surface area contributed by atoms with E-state index in [-0.39, 0.29) is 0 Å². The summed E-state index contributed by atoms with van der Waals surface area (Å²) < 4.78 is 0. The molecule has 3 nitrogen and oxygen atoms in total. The first kappa shape index (κ1) is 32.4. The van der Waals surface area contributed by atoms with Gasteiger partial charge >= 0.3 is 0 Å². The molecule has 7 aromatic carbocycles. The predicted octanol–water partition coefficient (Wildman–Crippen LogP) is 12.6. The van der Waals surface area contributed by atoms with E-state index in [1.165, 1.54) is 38.9 Å². The average Bonchev–Trinajstić information content (AvgIpc) is 3.57. The van der Waals surface area contributed by atoms with E-state index in [9.17, 15) is 0 Å². The molecule has 10 rings (SSSR count). The zero-order valence-electron chi connectivity index (χ0n) is 30.0. The van der Waals surface area contributed by atoms with Crippen LogP contribution in [0, 0.1) is 0 Å². The summed E-state index contributed by atoms with van der Waals surface area (Å²) in [5, 5.41) is 0. The smallest absolute Gasteiger partial charge is 0.160 e. The maximum absolute atomic E-state index is 5.23. The van der Waals surface area contributed by atoms with Crippen molar-refractivity contribution in [3.8, 4) is 67.4 Å². The normalized spacial score (nSPS) is 12.5. The van der Waals surface area contributed by atoms with Crippen LogP contribution in [0.2, 0.25) is 0 Å². The second-order valence-electron chi connectivity index (χ2n) is 14.0. The second kappa shape index (κ2) is 13.6. The lowest BCUT2D eigenvalue weighted by molar-refractivity contribution is 0.769. The van der Waals surface area contributed by atoms with E-state index in [1.807, 2.05) is 30.5 Å². The summed E-state index contributed by atoms with van der Waals surface area (Å²) >= 11 is 0. The Labute approximate surface area is 321 Å². The van der Waals surface area contributed by atoms with Crippen LogP contribution in [-0.4, -0.2) is 15.0 Å². The van der Waals surface area contributed by atoms with E-state index >= 15 is 0 Å². The van der Waals surface area contributed by atoms with Gasteiger partial charge in [0.1, 0.15) is 0 Å². The fourth-order valence-corrected chi connectivity index (χ4v) is 8.26. The minimum absolute atomic E-state index is 0.591. The zero-order valence-corrected chi connectivity index (χ0v) is 30.0. The van der Waals surface area contributed by atoms with Crippen LogP contribution < -0.4 is 0 Å². The molecular formula is C52H35N3.